The van der Waals surface area contributed by atoms with Crippen LogP contribution in [0.1, 0.15) is 16.8 Å². The van der Waals surface area contributed by atoms with Gasteiger partial charge >= 0.3 is 18.9 Å². The third kappa shape index (κ3) is 2.63. The van der Waals surface area contributed by atoms with Gasteiger partial charge in [0.1, 0.15) is 0 Å². The van der Waals surface area contributed by atoms with Crippen molar-refractivity contribution in [1.82, 2.24) is 4.98 Å². The van der Waals surface area contributed by atoms with Crippen molar-refractivity contribution in [3.63, 3.8) is 0 Å². The van der Waals surface area contributed by atoms with E-state index in [2.05, 4.69) is 11.9 Å². The predicted octanol–water partition coefficient (Wildman–Crippen LogP) is -2.28. The summed E-state index contributed by atoms with van der Waals surface area (Å²) in [4.78, 5) is 4.31. The molecule has 4 heteroatoms. The maximum absolute atomic E-state index is 9.00. The number of aromatic nitrogens is 1. The van der Waals surface area contributed by atoms with Gasteiger partial charge in [-0.2, -0.15) is 0 Å². The number of aliphatic hydroxyl groups excluding tert-OH is 1. The number of aliphatic hydroxyl groups is 1. The first-order valence-corrected chi connectivity index (χ1v) is 4.35. The second-order valence-electron chi connectivity index (χ2n) is 3.51. The maximum atomic E-state index is 9.00. The molecule has 2 rings (SSSR count). The molecule has 4 radical (unpaired) electrons. The molecule has 0 aromatic carbocycles. The first-order valence-electron chi connectivity index (χ1n) is 4.35. The summed E-state index contributed by atoms with van der Waals surface area (Å²) in [6, 6.07) is 2.04. The Morgan fingerprint density at radius 3 is 2.79 bits per heavy atom. The number of hydrogen-bond acceptors (Lipinski definition) is 2. The summed E-state index contributed by atoms with van der Waals surface area (Å²) in [7, 11) is 0. The predicted molar refractivity (Wildman–Crippen MR) is 52.7 cm³/mol. The Hall–Kier alpha value is 0.240. The quantitative estimate of drug-likeness (QED) is 0.514. The Morgan fingerprint density at radius 1 is 1.50 bits per heavy atom. The fourth-order valence-corrected chi connectivity index (χ4v) is 1.86. The van der Waals surface area contributed by atoms with Gasteiger partial charge in [-0.1, -0.05) is 0 Å². The Bertz CT molecular complexity index is 306. The third-order valence-electron chi connectivity index (χ3n) is 2.61. The molecule has 14 heavy (non-hydrogen) atoms. The van der Waals surface area contributed by atoms with Gasteiger partial charge in [0.15, 0.2) is 0 Å². The molecule has 0 spiro atoms. The van der Waals surface area contributed by atoms with Gasteiger partial charge in [0.2, 0.25) is 0 Å². The molecule has 1 aliphatic rings. The number of aryl methyl sites for hydroxylation is 1. The van der Waals surface area contributed by atoms with E-state index in [1.807, 2.05) is 12.3 Å². The van der Waals surface area contributed by atoms with Crippen LogP contribution in [-0.2, 0) is 12.8 Å². The van der Waals surface area contributed by atoms with Gasteiger partial charge in [-0.05, 0) is 42.9 Å². The number of rotatable bonds is 1. The van der Waals surface area contributed by atoms with Crippen molar-refractivity contribution in [2.75, 3.05) is 6.61 Å². The van der Waals surface area contributed by atoms with Crippen LogP contribution in [0.25, 0.3) is 0 Å². The van der Waals surface area contributed by atoms with Gasteiger partial charge in [-0.3, -0.25) is 4.98 Å². The minimum absolute atomic E-state index is 0. The molecule has 0 saturated carbocycles. The molecule has 0 aliphatic heterocycles. The van der Waals surface area contributed by atoms with Crippen LogP contribution in [-0.4, -0.2) is 34.1 Å². The van der Waals surface area contributed by atoms with E-state index in [0.717, 1.165) is 12.8 Å². The summed E-state index contributed by atoms with van der Waals surface area (Å²) in [6.45, 7) is 2.40. The van der Waals surface area contributed by atoms with E-state index in [0.29, 0.717) is 5.92 Å². The molecule has 0 fully saturated rings. The Labute approximate surface area is 107 Å². The van der Waals surface area contributed by atoms with Crippen molar-refractivity contribution in [2.24, 2.45) is 5.92 Å². The van der Waals surface area contributed by atoms with Crippen molar-refractivity contribution in [1.29, 1.82) is 0 Å². The van der Waals surface area contributed by atoms with Crippen LogP contribution >= 0.6 is 0 Å². The van der Waals surface area contributed by atoms with E-state index < -0.39 is 0 Å². The van der Waals surface area contributed by atoms with Gasteiger partial charge in [-0.15, -0.1) is 0 Å². The average Bonchev–Trinajstić information content (AvgIpc) is 2.49. The largest absolute Gasteiger partial charge is 1.00 e. The molecule has 1 N–H and O–H groups in total. The zero-order chi connectivity index (χ0) is 8.55. The minimum atomic E-state index is 0. The van der Waals surface area contributed by atoms with Crippen LogP contribution in [0.4, 0.5) is 0 Å². The molecule has 1 unspecified atom stereocenters. The zero-order valence-corrected chi connectivity index (χ0v) is 9.98. The third-order valence-corrected chi connectivity index (χ3v) is 2.61. The van der Waals surface area contributed by atoms with Crippen molar-refractivity contribution in [2.45, 2.75) is 19.8 Å². The Balaban J connectivity index is 0.000000845. The van der Waals surface area contributed by atoms with Gasteiger partial charge in [0.25, 0.3) is 0 Å². The maximum Gasteiger partial charge on any atom is 1.00 e. The van der Waals surface area contributed by atoms with Gasteiger partial charge < -0.3 is 22.5 Å². The van der Waals surface area contributed by atoms with Crippen molar-refractivity contribution in [3.8, 4) is 0 Å². The van der Waals surface area contributed by atoms with E-state index in [-0.39, 0.29) is 42.8 Å². The van der Waals surface area contributed by atoms with Crippen molar-refractivity contribution in [3.05, 3.63) is 29.1 Å². The van der Waals surface area contributed by atoms with Crippen molar-refractivity contribution >= 4 is 17.4 Å². The van der Waals surface area contributed by atoms with Crippen LogP contribution in [0.15, 0.2) is 12.3 Å². The van der Waals surface area contributed by atoms with E-state index >= 15 is 0 Å². The monoisotopic (exact) mass is 197 g/mol. The molecule has 0 bridgehead atoms. The van der Waals surface area contributed by atoms with Gasteiger partial charge in [0.05, 0.1) is 0 Å². The molecule has 1 heterocycles. The number of nitrogens with zero attached hydrogens (tertiary/aromatic N) is 1. The Kier molecular flexibility index (Phi) is 6.06. The van der Waals surface area contributed by atoms with E-state index in [9.17, 15) is 0 Å². The minimum Gasteiger partial charge on any atom is -1.00 e. The summed E-state index contributed by atoms with van der Waals surface area (Å²) >= 11 is 0. The van der Waals surface area contributed by atoms with E-state index in [1.54, 1.807) is 0 Å². The smallest absolute Gasteiger partial charge is 1.00 e. The van der Waals surface area contributed by atoms with Crippen molar-refractivity contribution < 1.29 is 24.0 Å². The standard InChI is InChI=1S/C10H13NO.Al.Li/c1-7-2-3-11-10-5-8(6-12)4-9(7)10;;/h2-3,8,12H,4-6H2,1H3;;/q;-1;+1. The van der Waals surface area contributed by atoms with Crippen LogP contribution < -0.4 is 18.9 Å². The van der Waals surface area contributed by atoms with Crippen LogP contribution in [0.5, 0.6) is 0 Å². The molecule has 68 valence electrons. The first-order chi connectivity index (χ1) is 5.81. The fourth-order valence-electron chi connectivity index (χ4n) is 1.86. The summed E-state index contributed by atoms with van der Waals surface area (Å²) < 4.78 is 0. The normalized spacial score (nSPS) is 18.0. The average molecular weight is 197 g/mol. The summed E-state index contributed by atoms with van der Waals surface area (Å²) in [6.07, 6.45) is 3.81. The number of pyridine rings is 1. The second kappa shape index (κ2) is 5.96. The SMILES string of the molecule is Cc1ccnc2c1CC(CO)C2.[Al-].[Li+]. The number of fused-ring (bicyclic) bond motifs is 1. The summed E-state index contributed by atoms with van der Waals surface area (Å²) in [5.41, 5.74) is 3.86. The molecular formula is C10H13AlLiNO. The van der Waals surface area contributed by atoms with Gasteiger partial charge in [0, 0.05) is 18.5 Å². The fraction of sp³-hybridized carbons (Fsp3) is 0.500. The van der Waals surface area contributed by atoms with Crippen LogP contribution in [0.2, 0.25) is 0 Å². The Morgan fingerprint density at radius 2 is 2.21 bits per heavy atom. The topological polar surface area (TPSA) is 33.1 Å². The molecule has 0 saturated heterocycles. The molecule has 1 aliphatic carbocycles. The molecule has 1 aromatic heterocycles. The van der Waals surface area contributed by atoms with E-state index in [4.69, 9.17) is 5.11 Å². The van der Waals surface area contributed by atoms with E-state index in [1.165, 1.54) is 16.8 Å². The molecule has 1 atom stereocenters. The van der Waals surface area contributed by atoms with Crippen LogP contribution in [0, 0.1) is 12.8 Å². The second-order valence-corrected chi connectivity index (χ2v) is 3.51. The first kappa shape index (κ1) is 14.2. The van der Waals surface area contributed by atoms with Crippen LogP contribution in [0.3, 0.4) is 0 Å². The molecule has 1 aromatic rings. The molecule has 2 nitrogen and oxygen atoms in total. The molecular weight excluding hydrogens is 184 g/mol. The summed E-state index contributed by atoms with van der Waals surface area (Å²) in [5, 5.41) is 9.00. The summed E-state index contributed by atoms with van der Waals surface area (Å²) in [5.74, 6) is 0.411. The number of hydrogen-bond donors (Lipinski definition) is 1. The molecule has 0 amide bonds. The zero-order valence-electron chi connectivity index (χ0n) is 8.83. The van der Waals surface area contributed by atoms with Gasteiger partial charge in [-0.25, -0.2) is 0 Å².